The van der Waals surface area contributed by atoms with E-state index in [0.29, 0.717) is 6.04 Å². The Hall–Kier alpha value is -1.56. The van der Waals surface area contributed by atoms with Gasteiger partial charge in [0.2, 0.25) is 0 Å². The third kappa shape index (κ3) is 5.53. The fourth-order valence-corrected chi connectivity index (χ4v) is 3.17. The molecule has 1 fully saturated rings. The summed E-state index contributed by atoms with van der Waals surface area (Å²) in [5.41, 5.74) is -0.455. The van der Waals surface area contributed by atoms with Crippen LogP contribution in [0.2, 0.25) is 0 Å². The highest BCUT2D eigenvalue weighted by molar-refractivity contribution is 5.68. The van der Waals surface area contributed by atoms with Crippen LogP contribution in [0.5, 0.6) is 0 Å². The summed E-state index contributed by atoms with van der Waals surface area (Å²) in [6.07, 6.45) is 7.62. The van der Waals surface area contributed by atoms with E-state index in [1.165, 1.54) is 0 Å². The molecule has 3 atom stereocenters. The number of carbonyl (C=O) groups is 1. The summed E-state index contributed by atoms with van der Waals surface area (Å²) in [5.74, 6) is 1.03. The van der Waals surface area contributed by atoms with Gasteiger partial charge in [0.1, 0.15) is 11.4 Å². The van der Waals surface area contributed by atoms with E-state index in [4.69, 9.17) is 4.74 Å². The minimum atomic E-state index is -0.455. The molecule has 0 saturated heterocycles. The van der Waals surface area contributed by atoms with Crippen molar-refractivity contribution in [3.63, 3.8) is 0 Å². The number of rotatable bonds is 4. The summed E-state index contributed by atoms with van der Waals surface area (Å²) < 4.78 is 7.39. The Morgan fingerprint density at radius 2 is 2.09 bits per heavy atom. The van der Waals surface area contributed by atoms with Gasteiger partial charge in [-0.05, 0) is 53.4 Å². The summed E-state index contributed by atoms with van der Waals surface area (Å²) in [4.78, 5) is 16.3. The molecular formula is C17H30N4O2. The number of amides is 1. The smallest absolute Gasteiger partial charge is 0.407 e. The molecule has 1 heterocycles. The fourth-order valence-electron chi connectivity index (χ4n) is 3.17. The Balaban J connectivity index is 1.84. The molecule has 0 aromatic carbocycles. The second kappa shape index (κ2) is 7.34. The van der Waals surface area contributed by atoms with Gasteiger partial charge in [0.25, 0.3) is 0 Å². The van der Waals surface area contributed by atoms with Crippen LogP contribution in [0, 0.1) is 0 Å². The molecule has 1 saturated carbocycles. The maximum absolute atomic E-state index is 11.9. The van der Waals surface area contributed by atoms with E-state index in [-0.39, 0.29) is 18.2 Å². The Morgan fingerprint density at radius 3 is 2.70 bits per heavy atom. The van der Waals surface area contributed by atoms with Crippen LogP contribution >= 0.6 is 0 Å². The fraction of sp³-hybridized carbons (Fsp3) is 0.765. The number of aromatic nitrogens is 2. The summed E-state index contributed by atoms with van der Waals surface area (Å²) in [6, 6.07) is 0.750. The molecule has 1 aromatic heterocycles. The molecule has 2 N–H and O–H groups in total. The molecule has 1 aromatic rings. The molecule has 6 heteroatoms. The van der Waals surface area contributed by atoms with Crippen molar-refractivity contribution >= 4 is 6.09 Å². The molecule has 0 spiro atoms. The average Bonchev–Trinajstić information content (AvgIpc) is 2.83. The molecule has 1 aliphatic rings. The molecule has 1 aliphatic carbocycles. The van der Waals surface area contributed by atoms with Crippen LogP contribution in [0.15, 0.2) is 12.4 Å². The molecule has 1 amide bonds. The zero-order valence-electron chi connectivity index (χ0n) is 14.9. The first-order valence-corrected chi connectivity index (χ1v) is 8.47. The number of alkyl carbamates (subject to hydrolysis) is 1. The van der Waals surface area contributed by atoms with Crippen molar-refractivity contribution in [1.82, 2.24) is 20.2 Å². The zero-order valence-corrected chi connectivity index (χ0v) is 14.9. The van der Waals surface area contributed by atoms with Crippen LogP contribution in [-0.4, -0.2) is 33.3 Å². The lowest BCUT2D eigenvalue weighted by Gasteiger charge is -2.32. The minimum absolute atomic E-state index is 0.171. The van der Waals surface area contributed by atoms with Gasteiger partial charge in [-0.1, -0.05) is 0 Å². The van der Waals surface area contributed by atoms with E-state index in [1.807, 2.05) is 44.8 Å². The highest BCUT2D eigenvalue weighted by atomic mass is 16.6. The first-order valence-electron chi connectivity index (χ1n) is 8.47. The lowest BCUT2D eigenvalue weighted by molar-refractivity contribution is 0.0488. The predicted molar refractivity (Wildman–Crippen MR) is 90.2 cm³/mol. The van der Waals surface area contributed by atoms with Crippen LogP contribution in [0.4, 0.5) is 4.79 Å². The molecule has 130 valence electrons. The number of imidazole rings is 1. The highest BCUT2D eigenvalue weighted by Gasteiger charge is 2.26. The van der Waals surface area contributed by atoms with Gasteiger partial charge in [-0.2, -0.15) is 0 Å². The number of aryl methyl sites for hydroxylation is 1. The Morgan fingerprint density at radius 1 is 1.39 bits per heavy atom. The molecule has 3 unspecified atom stereocenters. The minimum Gasteiger partial charge on any atom is -0.444 e. The maximum atomic E-state index is 11.9. The number of hydrogen-bond donors (Lipinski definition) is 2. The molecule has 23 heavy (non-hydrogen) atoms. The monoisotopic (exact) mass is 322 g/mol. The van der Waals surface area contributed by atoms with Crippen molar-refractivity contribution in [1.29, 1.82) is 0 Å². The lowest BCUT2D eigenvalue weighted by Crippen LogP contribution is -2.46. The molecule has 0 radical (unpaired) electrons. The van der Waals surface area contributed by atoms with Gasteiger partial charge in [-0.3, -0.25) is 0 Å². The van der Waals surface area contributed by atoms with Gasteiger partial charge < -0.3 is 19.9 Å². The number of ether oxygens (including phenoxy) is 1. The summed E-state index contributed by atoms with van der Waals surface area (Å²) >= 11 is 0. The average molecular weight is 322 g/mol. The Kier molecular flexibility index (Phi) is 5.68. The molecular weight excluding hydrogens is 292 g/mol. The van der Waals surface area contributed by atoms with E-state index < -0.39 is 5.60 Å². The largest absolute Gasteiger partial charge is 0.444 e. The van der Waals surface area contributed by atoms with Crippen molar-refractivity contribution in [2.75, 3.05) is 0 Å². The van der Waals surface area contributed by atoms with Gasteiger partial charge in [-0.15, -0.1) is 0 Å². The third-order valence-corrected chi connectivity index (χ3v) is 4.13. The molecule has 2 rings (SSSR count). The molecule has 6 nitrogen and oxygen atoms in total. The van der Waals surface area contributed by atoms with Gasteiger partial charge in [-0.25, -0.2) is 9.78 Å². The van der Waals surface area contributed by atoms with Gasteiger partial charge in [0.05, 0.1) is 6.04 Å². The van der Waals surface area contributed by atoms with Crippen molar-refractivity contribution < 1.29 is 9.53 Å². The SMILES string of the molecule is CC(NC1CCCC(NC(=O)OC(C)(C)C)C1)c1nccn1C. The van der Waals surface area contributed by atoms with Crippen LogP contribution in [0.3, 0.4) is 0 Å². The van der Waals surface area contributed by atoms with Crippen molar-refractivity contribution in [3.05, 3.63) is 18.2 Å². The second-order valence-electron chi connectivity index (χ2n) is 7.49. The Labute approximate surface area is 139 Å². The molecule has 0 bridgehead atoms. The summed E-state index contributed by atoms with van der Waals surface area (Å²) in [5, 5.41) is 6.64. The standard InChI is InChI=1S/C17H30N4O2/c1-12(15-18-9-10-21(15)5)19-13-7-6-8-14(11-13)20-16(22)23-17(2,3)4/h9-10,12-14,19H,6-8,11H2,1-5H3,(H,20,22). The van der Waals surface area contributed by atoms with Crippen molar-refractivity contribution in [3.8, 4) is 0 Å². The van der Waals surface area contributed by atoms with E-state index >= 15 is 0 Å². The normalized spacial score (nSPS) is 23.3. The van der Waals surface area contributed by atoms with Crippen LogP contribution < -0.4 is 10.6 Å². The van der Waals surface area contributed by atoms with E-state index in [1.54, 1.807) is 0 Å². The van der Waals surface area contributed by atoms with E-state index in [2.05, 4.69) is 22.5 Å². The Bertz CT molecular complexity index is 521. The first-order chi connectivity index (χ1) is 10.7. The first kappa shape index (κ1) is 17.8. The predicted octanol–water partition coefficient (Wildman–Crippen LogP) is 2.91. The van der Waals surface area contributed by atoms with Crippen LogP contribution in [0.25, 0.3) is 0 Å². The zero-order chi connectivity index (χ0) is 17.0. The van der Waals surface area contributed by atoms with E-state index in [0.717, 1.165) is 31.5 Å². The lowest BCUT2D eigenvalue weighted by atomic mass is 9.90. The number of hydrogen-bond acceptors (Lipinski definition) is 4. The van der Waals surface area contributed by atoms with Gasteiger partial charge >= 0.3 is 6.09 Å². The van der Waals surface area contributed by atoms with Gasteiger partial charge in [0, 0.05) is 31.5 Å². The highest BCUT2D eigenvalue weighted by Crippen LogP contribution is 2.22. The summed E-state index contributed by atoms with van der Waals surface area (Å²) in [7, 11) is 2.01. The number of nitrogens with one attached hydrogen (secondary N) is 2. The number of carbonyl (C=O) groups excluding carboxylic acids is 1. The maximum Gasteiger partial charge on any atom is 0.407 e. The van der Waals surface area contributed by atoms with Gasteiger partial charge in [0.15, 0.2) is 0 Å². The van der Waals surface area contributed by atoms with Crippen LogP contribution in [-0.2, 0) is 11.8 Å². The third-order valence-electron chi connectivity index (χ3n) is 4.13. The summed E-state index contributed by atoms with van der Waals surface area (Å²) in [6.45, 7) is 7.78. The topological polar surface area (TPSA) is 68.2 Å². The van der Waals surface area contributed by atoms with Crippen LogP contribution in [0.1, 0.15) is 65.2 Å². The van der Waals surface area contributed by atoms with Crippen molar-refractivity contribution in [2.45, 2.75) is 77.1 Å². The number of nitrogens with zero attached hydrogens (tertiary/aromatic N) is 2. The molecule has 0 aliphatic heterocycles. The second-order valence-corrected chi connectivity index (χ2v) is 7.49. The van der Waals surface area contributed by atoms with Crippen molar-refractivity contribution in [2.24, 2.45) is 7.05 Å². The quantitative estimate of drug-likeness (QED) is 0.894. The van der Waals surface area contributed by atoms with E-state index in [9.17, 15) is 4.79 Å².